The summed E-state index contributed by atoms with van der Waals surface area (Å²) in [5.41, 5.74) is 4.53. The molecule has 0 N–H and O–H groups in total. The van der Waals surface area contributed by atoms with Crippen molar-refractivity contribution >= 4 is 0 Å². The zero-order valence-electron chi connectivity index (χ0n) is 11.5. The van der Waals surface area contributed by atoms with Gasteiger partial charge in [-0.3, -0.25) is 0 Å². The van der Waals surface area contributed by atoms with Crippen molar-refractivity contribution in [2.45, 2.75) is 46.1 Å². The van der Waals surface area contributed by atoms with Crippen LogP contribution in [-0.4, -0.2) is 19.0 Å². The Morgan fingerprint density at radius 3 is 2.06 bits per heavy atom. The zero-order chi connectivity index (χ0) is 12.3. The second-order valence-corrected chi connectivity index (χ2v) is 5.47. The number of rotatable bonds is 4. The number of benzene rings is 1. The molecule has 16 heavy (non-hydrogen) atoms. The summed E-state index contributed by atoms with van der Waals surface area (Å²) in [5, 5.41) is 0. The molecule has 0 atom stereocenters. The molecule has 0 aliphatic carbocycles. The largest absolute Gasteiger partial charge is 0.305 e. The van der Waals surface area contributed by atoms with Crippen molar-refractivity contribution in [3.8, 4) is 0 Å². The Labute approximate surface area is 100 Å². The van der Waals surface area contributed by atoms with Crippen LogP contribution in [0.5, 0.6) is 0 Å². The highest BCUT2D eigenvalue weighted by Crippen LogP contribution is 2.29. The summed E-state index contributed by atoms with van der Waals surface area (Å²) in [6.07, 6.45) is 0. The van der Waals surface area contributed by atoms with Crippen molar-refractivity contribution in [2.24, 2.45) is 0 Å². The predicted molar refractivity (Wildman–Crippen MR) is 72.0 cm³/mol. The molecule has 0 bridgehead atoms. The van der Waals surface area contributed by atoms with Crippen molar-refractivity contribution in [2.75, 3.05) is 14.1 Å². The molecule has 0 fully saturated rings. The fourth-order valence-electron chi connectivity index (χ4n) is 2.32. The van der Waals surface area contributed by atoms with E-state index in [0.29, 0.717) is 11.8 Å². The minimum atomic E-state index is 0.605. The lowest BCUT2D eigenvalue weighted by molar-refractivity contribution is 0.400. The van der Waals surface area contributed by atoms with Gasteiger partial charge in [0.1, 0.15) is 0 Å². The molecule has 0 heterocycles. The number of nitrogens with zero attached hydrogens (tertiary/aromatic N) is 1. The molecule has 0 amide bonds. The van der Waals surface area contributed by atoms with E-state index in [1.165, 1.54) is 11.1 Å². The first kappa shape index (κ1) is 13.2. The van der Waals surface area contributed by atoms with E-state index in [1.54, 1.807) is 5.56 Å². The SMILES string of the molecule is CC(C)c1cccc(CN(C)C)c1C(C)C. The zero-order valence-corrected chi connectivity index (χ0v) is 11.5. The summed E-state index contributed by atoms with van der Waals surface area (Å²) >= 11 is 0. The Kier molecular flexibility index (Phi) is 4.55. The van der Waals surface area contributed by atoms with E-state index in [4.69, 9.17) is 0 Å². The minimum absolute atomic E-state index is 0.605. The van der Waals surface area contributed by atoms with Gasteiger partial charge in [-0.15, -0.1) is 0 Å². The van der Waals surface area contributed by atoms with Crippen LogP contribution in [0.3, 0.4) is 0 Å². The fourth-order valence-corrected chi connectivity index (χ4v) is 2.32. The molecular formula is C15H25N. The van der Waals surface area contributed by atoms with E-state index in [1.807, 2.05) is 0 Å². The highest BCUT2D eigenvalue weighted by Gasteiger charge is 2.14. The Morgan fingerprint density at radius 2 is 1.62 bits per heavy atom. The predicted octanol–water partition coefficient (Wildman–Crippen LogP) is 4.00. The van der Waals surface area contributed by atoms with Crippen LogP contribution in [-0.2, 0) is 6.54 Å². The topological polar surface area (TPSA) is 3.24 Å². The highest BCUT2D eigenvalue weighted by atomic mass is 15.0. The van der Waals surface area contributed by atoms with Gasteiger partial charge < -0.3 is 4.90 Å². The van der Waals surface area contributed by atoms with E-state index >= 15 is 0 Å². The van der Waals surface area contributed by atoms with Gasteiger partial charge in [0, 0.05) is 6.54 Å². The summed E-state index contributed by atoms with van der Waals surface area (Å²) in [6.45, 7) is 10.2. The molecule has 1 nitrogen and oxygen atoms in total. The Hall–Kier alpha value is -0.820. The van der Waals surface area contributed by atoms with Crippen LogP contribution < -0.4 is 0 Å². The van der Waals surface area contributed by atoms with Gasteiger partial charge in [0.25, 0.3) is 0 Å². The van der Waals surface area contributed by atoms with Gasteiger partial charge in [-0.05, 0) is 42.6 Å². The molecular weight excluding hydrogens is 194 g/mol. The number of hydrogen-bond donors (Lipinski definition) is 0. The molecule has 0 radical (unpaired) electrons. The van der Waals surface area contributed by atoms with Gasteiger partial charge in [-0.1, -0.05) is 45.9 Å². The van der Waals surface area contributed by atoms with E-state index < -0.39 is 0 Å². The summed E-state index contributed by atoms with van der Waals surface area (Å²) < 4.78 is 0. The molecule has 1 rings (SSSR count). The molecule has 0 aliphatic rings. The quantitative estimate of drug-likeness (QED) is 0.740. The second-order valence-electron chi connectivity index (χ2n) is 5.47. The molecule has 0 saturated heterocycles. The summed E-state index contributed by atoms with van der Waals surface area (Å²) in [6, 6.07) is 6.74. The van der Waals surface area contributed by atoms with Gasteiger partial charge in [0.15, 0.2) is 0 Å². The molecule has 0 aliphatic heterocycles. The van der Waals surface area contributed by atoms with Gasteiger partial charge in [-0.2, -0.15) is 0 Å². The van der Waals surface area contributed by atoms with Crippen molar-refractivity contribution in [1.82, 2.24) is 4.90 Å². The van der Waals surface area contributed by atoms with Crippen LogP contribution in [0.1, 0.15) is 56.2 Å². The fraction of sp³-hybridized carbons (Fsp3) is 0.600. The van der Waals surface area contributed by atoms with Crippen molar-refractivity contribution in [3.05, 3.63) is 34.9 Å². The van der Waals surface area contributed by atoms with Crippen molar-refractivity contribution in [1.29, 1.82) is 0 Å². The third kappa shape index (κ3) is 3.08. The summed E-state index contributed by atoms with van der Waals surface area (Å²) in [7, 11) is 4.26. The molecule has 0 saturated carbocycles. The summed E-state index contributed by atoms with van der Waals surface area (Å²) in [4.78, 5) is 2.24. The Morgan fingerprint density at radius 1 is 1.00 bits per heavy atom. The van der Waals surface area contributed by atoms with E-state index in [-0.39, 0.29) is 0 Å². The van der Waals surface area contributed by atoms with Crippen molar-refractivity contribution in [3.63, 3.8) is 0 Å². The molecule has 0 aromatic heterocycles. The third-order valence-corrected chi connectivity index (χ3v) is 2.92. The van der Waals surface area contributed by atoms with Gasteiger partial charge in [0.05, 0.1) is 0 Å². The maximum atomic E-state index is 2.29. The molecule has 1 aromatic rings. The minimum Gasteiger partial charge on any atom is -0.305 e. The van der Waals surface area contributed by atoms with Crippen LogP contribution in [0.25, 0.3) is 0 Å². The molecule has 0 unspecified atom stereocenters. The monoisotopic (exact) mass is 219 g/mol. The van der Waals surface area contributed by atoms with Crippen LogP contribution in [0, 0.1) is 0 Å². The van der Waals surface area contributed by atoms with Gasteiger partial charge in [0.2, 0.25) is 0 Å². The van der Waals surface area contributed by atoms with Crippen molar-refractivity contribution < 1.29 is 0 Å². The maximum Gasteiger partial charge on any atom is 0.0230 e. The smallest absolute Gasteiger partial charge is 0.0230 e. The average molecular weight is 219 g/mol. The standard InChI is InChI=1S/C15H25N/c1-11(2)14-9-7-8-13(10-16(5)6)15(14)12(3)4/h7-9,11-12H,10H2,1-6H3. The first-order chi connectivity index (χ1) is 7.43. The molecule has 1 aromatic carbocycles. The second kappa shape index (κ2) is 5.49. The highest BCUT2D eigenvalue weighted by molar-refractivity contribution is 5.39. The Balaban J connectivity index is 3.21. The number of hydrogen-bond acceptors (Lipinski definition) is 1. The molecule has 90 valence electrons. The Bertz CT molecular complexity index is 337. The van der Waals surface area contributed by atoms with Crippen LogP contribution in [0.4, 0.5) is 0 Å². The first-order valence-electron chi connectivity index (χ1n) is 6.19. The average Bonchev–Trinajstić information content (AvgIpc) is 2.15. The van der Waals surface area contributed by atoms with Crippen LogP contribution >= 0.6 is 0 Å². The van der Waals surface area contributed by atoms with Gasteiger partial charge >= 0.3 is 0 Å². The molecule has 0 spiro atoms. The van der Waals surface area contributed by atoms with E-state index in [9.17, 15) is 0 Å². The van der Waals surface area contributed by atoms with Gasteiger partial charge in [-0.25, -0.2) is 0 Å². The van der Waals surface area contributed by atoms with E-state index in [0.717, 1.165) is 6.54 Å². The van der Waals surface area contributed by atoms with Crippen LogP contribution in [0.2, 0.25) is 0 Å². The lowest BCUT2D eigenvalue weighted by Gasteiger charge is -2.22. The third-order valence-electron chi connectivity index (χ3n) is 2.92. The summed E-state index contributed by atoms with van der Waals surface area (Å²) in [5.74, 6) is 1.22. The normalized spacial score (nSPS) is 11.8. The van der Waals surface area contributed by atoms with E-state index in [2.05, 4.69) is 64.9 Å². The first-order valence-corrected chi connectivity index (χ1v) is 6.19. The lowest BCUT2D eigenvalue weighted by atomic mass is 9.87. The maximum absolute atomic E-state index is 2.29. The molecule has 1 heteroatoms. The lowest BCUT2D eigenvalue weighted by Crippen LogP contribution is -2.14. The van der Waals surface area contributed by atoms with Crippen LogP contribution in [0.15, 0.2) is 18.2 Å².